The van der Waals surface area contributed by atoms with E-state index in [0.717, 1.165) is 17.2 Å². The maximum absolute atomic E-state index is 13.2. The van der Waals surface area contributed by atoms with Crippen molar-refractivity contribution < 1.29 is 17.1 Å². The first-order valence-corrected chi connectivity index (χ1v) is 7.59. The highest BCUT2D eigenvalue weighted by Gasteiger charge is 2.19. The number of hydrogen-bond acceptors (Lipinski definition) is 3. The van der Waals surface area contributed by atoms with E-state index in [-0.39, 0.29) is 5.69 Å². The molecule has 0 radical (unpaired) electrons. The molecule has 0 bridgehead atoms. The number of rotatable bonds is 3. The molecule has 0 unspecified atom stereocenters. The number of benzene rings is 2. The molecule has 0 fully saturated rings. The SMILES string of the molecule is Cc1ccc(C(=O)Nc2ccccc2S(=O)(=O)F)c(C)c1. The van der Waals surface area contributed by atoms with E-state index in [2.05, 4.69) is 5.32 Å². The van der Waals surface area contributed by atoms with Crippen LogP contribution in [0.25, 0.3) is 0 Å². The van der Waals surface area contributed by atoms with E-state index in [1.54, 1.807) is 19.1 Å². The summed E-state index contributed by atoms with van der Waals surface area (Å²) in [6.45, 7) is 3.68. The van der Waals surface area contributed by atoms with Crippen molar-refractivity contribution in [3.05, 3.63) is 59.2 Å². The first-order valence-electron chi connectivity index (χ1n) is 6.21. The van der Waals surface area contributed by atoms with Gasteiger partial charge in [-0.15, -0.1) is 3.89 Å². The summed E-state index contributed by atoms with van der Waals surface area (Å²) < 4.78 is 35.3. The van der Waals surface area contributed by atoms with Crippen LogP contribution in [0.1, 0.15) is 21.5 Å². The third-order valence-corrected chi connectivity index (χ3v) is 3.91. The summed E-state index contributed by atoms with van der Waals surface area (Å²) in [4.78, 5) is 11.6. The van der Waals surface area contributed by atoms with Crippen molar-refractivity contribution in [2.75, 3.05) is 5.32 Å². The summed E-state index contributed by atoms with van der Waals surface area (Å²) in [5, 5.41) is 2.44. The van der Waals surface area contributed by atoms with Crippen molar-refractivity contribution in [3.63, 3.8) is 0 Å². The number of para-hydroxylation sites is 1. The van der Waals surface area contributed by atoms with Crippen LogP contribution in [0.4, 0.5) is 9.57 Å². The van der Waals surface area contributed by atoms with Crippen LogP contribution in [0, 0.1) is 13.8 Å². The van der Waals surface area contributed by atoms with Crippen LogP contribution in [0.15, 0.2) is 47.4 Å². The number of hydrogen-bond donors (Lipinski definition) is 1. The second-order valence-electron chi connectivity index (χ2n) is 4.71. The zero-order valence-electron chi connectivity index (χ0n) is 11.6. The van der Waals surface area contributed by atoms with Crippen LogP contribution in [0.3, 0.4) is 0 Å². The fourth-order valence-corrected chi connectivity index (χ4v) is 2.66. The van der Waals surface area contributed by atoms with E-state index in [9.17, 15) is 17.1 Å². The number of carbonyl (C=O) groups is 1. The third-order valence-electron chi connectivity index (χ3n) is 3.02. The van der Waals surface area contributed by atoms with Crippen LogP contribution in [-0.4, -0.2) is 14.3 Å². The number of anilines is 1. The van der Waals surface area contributed by atoms with Crippen LogP contribution in [0.2, 0.25) is 0 Å². The van der Waals surface area contributed by atoms with Crippen LogP contribution in [0.5, 0.6) is 0 Å². The average molecular weight is 307 g/mol. The molecule has 2 rings (SSSR count). The molecule has 0 spiro atoms. The van der Waals surface area contributed by atoms with E-state index in [4.69, 9.17) is 0 Å². The molecular weight excluding hydrogens is 293 g/mol. The molecule has 1 amide bonds. The van der Waals surface area contributed by atoms with Gasteiger partial charge in [-0.1, -0.05) is 29.8 Å². The zero-order chi connectivity index (χ0) is 15.6. The monoisotopic (exact) mass is 307 g/mol. The fourth-order valence-electron chi connectivity index (χ4n) is 2.04. The first kappa shape index (κ1) is 15.2. The Bertz CT molecular complexity index is 800. The summed E-state index contributed by atoms with van der Waals surface area (Å²) in [6, 6.07) is 10.6. The van der Waals surface area contributed by atoms with E-state index in [0.29, 0.717) is 5.56 Å². The van der Waals surface area contributed by atoms with Gasteiger partial charge in [-0.2, -0.15) is 8.42 Å². The molecular formula is C15H14FNO3S. The van der Waals surface area contributed by atoms with Gasteiger partial charge in [-0.25, -0.2) is 0 Å². The number of carbonyl (C=O) groups excluding carboxylic acids is 1. The van der Waals surface area contributed by atoms with E-state index in [1.165, 1.54) is 18.2 Å². The number of halogens is 1. The second-order valence-corrected chi connectivity index (χ2v) is 6.02. The molecule has 2 aromatic carbocycles. The molecule has 0 saturated carbocycles. The number of nitrogens with one attached hydrogen (secondary N) is 1. The fraction of sp³-hybridized carbons (Fsp3) is 0.133. The molecule has 1 N–H and O–H groups in total. The lowest BCUT2D eigenvalue weighted by Crippen LogP contribution is -2.15. The van der Waals surface area contributed by atoms with Gasteiger partial charge in [0.1, 0.15) is 4.90 Å². The highest BCUT2D eigenvalue weighted by atomic mass is 32.3. The van der Waals surface area contributed by atoms with Crippen molar-refractivity contribution in [2.45, 2.75) is 18.7 Å². The molecule has 21 heavy (non-hydrogen) atoms. The summed E-state index contributed by atoms with van der Waals surface area (Å²) in [5.74, 6) is -0.483. The van der Waals surface area contributed by atoms with Crippen LogP contribution >= 0.6 is 0 Å². The first-order chi connectivity index (χ1) is 9.79. The minimum atomic E-state index is -4.89. The lowest BCUT2D eigenvalue weighted by atomic mass is 10.1. The Hall–Kier alpha value is -2.21. The minimum Gasteiger partial charge on any atom is -0.321 e. The predicted octanol–water partition coefficient (Wildman–Crippen LogP) is 3.21. The van der Waals surface area contributed by atoms with Gasteiger partial charge in [0.2, 0.25) is 0 Å². The van der Waals surface area contributed by atoms with Crippen molar-refractivity contribution in [2.24, 2.45) is 0 Å². The lowest BCUT2D eigenvalue weighted by Gasteiger charge is -2.10. The van der Waals surface area contributed by atoms with E-state index >= 15 is 0 Å². The highest BCUT2D eigenvalue weighted by molar-refractivity contribution is 7.86. The molecule has 0 aliphatic carbocycles. The minimum absolute atomic E-state index is 0.0787. The van der Waals surface area contributed by atoms with Gasteiger partial charge >= 0.3 is 10.2 Å². The maximum atomic E-state index is 13.2. The Balaban J connectivity index is 2.37. The molecule has 2 aromatic rings. The Morgan fingerprint density at radius 1 is 1.10 bits per heavy atom. The molecule has 110 valence electrons. The van der Waals surface area contributed by atoms with Gasteiger partial charge in [0, 0.05) is 5.56 Å². The third kappa shape index (κ3) is 3.46. The van der Waals surface area contributed by atoms with Crippen molar-refractivity contribution in [1.82, 2.24) is 0 Å². The summed E-state index contributed by atoms with van der Waals surface area (Å²) >= 11 is 0. The Morgan fingerprint density at radius 2 is 1.76 bits per heavy atom. The molecule has 0 aromatic heterocycles. The molecule has 6 heteroatoms. The lowest BCUT2D eigenvalue weighted by molar-refractivity contribution is 0.102. The van der Waals surface area contributed by atoms with E-state index < -0.39 is 21.0 Å². The van der Waals surface area contributed by atoms with E-state index in [1.807, 2.05) is 13.0 Å². The highest BCUT2D eigenvalue weighted by Crippen LogP contribution is 2.23. The van der Waals surface area contributed by atoms with Gasteiger partial charge in [0.25, 0.3) is 5.91 Å². The molecule has 0 aliphatic rings. The van der Waals surface area contributed by atoms with Gasteiger partial charge < -0.3 is 5.32 Å². The zero-order valence-corrected chi connectivity index (χ0v) is 12.4. The van der Waals surface area contributed by atoms with Gasteiger partial charge in [0.15, 0.2) is 0 Å². The van der Waals surface area contributed by atoms with Crippen LogP contribution in [-0.2, 0) is 10.2 Å². The summed E-state index contributed by atoms with van der Waals surface area (Å²) in [6.07, 6.45) is 0. The maximum Gasteiger partial charge on any atom is 0.334 e. The largest absolute Gasteiger partial charge is 0.334 e. The predicted molar refractivity (Wildman–Crippen MR) is 78.6 cm³/mol. The van der Waals surface area contributed by atoms with Crippen molar-refractivity contribution in [3.8, 4) is 0 Å². The summed E-state index contributed by atoms with van der Waals surface area (Å²) in [5.41, 5.74) is 2.10. The smallest absolute Gasteiger partial charge is 0.321 e. The molecule has 0 atom stereocenters. The molecule has 0 saturated heterocycles. The molecule has 4 nitrogen and oxygen atoms in total. The second kappa shape index (κ2) is 5.65. The van der Waals surface area contributed by atoms with Gasteiger partial charge in [-0.3, -0.25) is 4.79 Å². The topological polar surface area (TPSA) is 63.2 Å². The van der Waals surface area contributed by atoms with Crippen molar-refractivity contribution >= 4 is 21.8 Å². The average Bonchev–Trinajstić information content (AvgIpc) is 2.37. The number of amides is 1. The molecule has 0 aliphatic heterocycles. The Kier molecular flexibility index (Phi) is 4.09. The molecule has 0 heterocycles. The Labute approximate surface area is 122 Å². The normalized spacial score (nSPS) is 11.2. The Morgan fingerprint density at radius 3 is 2.38 bits per heavy atom. The summed E-state index contributed by atoms with van der Waals surface area (Å²) in [7, 11) is -4.89. The quantitative estimate of drug-likeness (QED) is 0.886. The number of aryl methyl sites for hydroxylation is 2. The standard InChI is InChI=1S/C15H14FNO3S/c1-10-7-8-12(11(2)9-10)15(18)17-13-5-3-4-6-14(13)21(16,19)20/h3-9H,1-2H3,(H,17,18). The van der Waals surface area contributed by atoms with Gasteiger partial charge in [0.05, 0.1) is 5.69 Å². The van der Waals surface area contributed by atoms with Gasteiger partial charge in [-0.05, 0) is 37.6 Å². The van der Waals surface area contributed by atoms with Crippen LogP contribution < -0.4 is 5.32 Å². The van der Waals surface area contributed by atoms with Crippen molar-refractivity contribution in [1.29, 1.82) is 0 Å².